The van der Waals surface area contributed by atoms with Crippen molar-refractivity contribution in [1.29, 1.82) is 0 Å². The van der Waals surface area contributed by atoms with Crippen LogP contribution in [0.3, 0.4) is 0 Å². The summed E-state index contributed by atoms with van der Waals surface area (Å²) in [5, 5.41) is 7.52. The molecular formula is C11H18N6. The molecule has 92 valence electrons. The minimum atomic E-state index is 0.410. The van der Waals surface area contributed by atoms with Crippen LogP contribution in [0.2, 0.25) is 0 Å². The van der Waals surface area contributed by atoms with E-state index in [9.17, 15) is 0 Å². The fourth-order valence-corrected chi connectivity index (χ4v) is 1.65. The van der Waals surface area contributed by atoms with Crippen LogP contribution in [0.1, 0.15) is 25.7 Å². The van der Waals surface area contributed by atoms with Crippen LogP contribution in [0.15, 0.2) is 18.7 Å². The van der Waals surface area contributed by atoms with Gasteiger partial charge in [-0.15, -0.1) is 0 Å². The standard InChI is InChI=1S/C11H18N6/c1-9(2)17-7-6-13-11(17)12-5-4-10-14-8-16(3)15-10/h6-9H,4-5H2,1-3H3,(H,12,13). The summed E-state index contributed by atoms with van der Waals surface area (Å²) >= 11 is 0. The highest BCUT2D eigenvalue weighted by atomic mass is 15.3. The van der Waals surface area contributed by atoms with E-state index in [0.29, 0.717) is 6.04 Å². The Morgan fingerprint density at radius 2 is 2.18 bits per heavy atom. The molecule has 0 aliphatic rings. The first-order valence-corrected chi connectivity index (χ1v) is 5.78. The maximum atomic E-state index is 4.28. The van der Waals surface area contributed by atoms with E-state index in [0.717, 1.165) is 24.7 Å². The lowest BCUT2D eigenvalue weighted by Crippen LogP contribution is -2.12. The van der Waals surface area contributed by atoms with Crippen molar-refractivity contribution in [3.63, 3.8) is 0 Å². The van der Waals surface area contributed by atoms with Crippen LogP contribution in [0.5, 0.6) is 0 Å². The van der Waals surface area contributed by atoms with Crippen molar-refractivity contribution >= 4 is 5.95 Å². The minimum absolute atomic E-state index is 0.410. The second-order valence-corrected chi connectivity index (χ2v) is 4.26. The van der Waals surface area contributed by atoms with Gasteiger partial charge in [0.2, 0.25) is 5.95 Å². The molecule has 0 saturated heterocycles. The average molecular weight is 234 g/mol. The first-order chi connectivity index (χ1) is 8.16. The number of anilines is 1. The van der Waals surface area contributed by atoms with Crippen molar-refractivity contribution in [2.24, 2.45) is 7.05 Å². The average Bonchev–Trinajstić information content (AvgIpc) is 2.87. The smallest absolute Gasteiger partial charge is 0.203 e. The van der Waals surface area contributed by atoms with Gasteiger partial charge in [-0.05, 0) is 13.8 Å². The van der Waals surface area contributed by atoms with Crippen LogP contribution in [0, 0.1) is 0 Å². The van der Waals surface area contributed by atoms with E-state index >= 15 is 0 Å². The number of nitrogens with one attached hydrogen (secondary N) is 1. The molecule has 17 heavy (non-hydrogen) atoms. The Labute approximate surface area is 101 Å². The van der Waals surface area contributed by atoms with E-state index < -0.39 is 0 Å². The predicted molar refractivity (Wildman–Crippen MR) is 65.8 cm³/mol. The summed E-state index contributed by atoms with van der Waals surface area (Å²) in [5.41, 5.74) is 0. The second kappa shape index (κ2) is 4.99. The molecule has 2 aromatic heterocycles. The van der Waals surface area contributed by atoms with E-state index in [-0.39, 0.29) is 0 Å². The lowest BCUT2D eigenvalue weighted by atomic mass is 10.4. The molecule has 0 unspecified atom stereocenters. The molecule has 0 radical (unpaired) electrons. The zero-order valence-corrected chi connectivity index (χ0v) is 10.5. The molecular weight excluding hydrogens is 216 g/mol. The third kappa shape index (κ3) is 2.83. The van der Waals surface area contributed by atoms with Gasteiger partial charge in [-0.2, -0.15) is 5.10 Å². The van der Waals surface area contributed by atoms with E-state index in [2.05, 4.69) is 38.8 Å². The van der Waals surface area contributed by atoms with Crippen molar-refractivity contribution in [1.82, 2.24) is 24.3 Å². The normalized spacial score (nSPS) is 11.1. The molecule has 0 aliphatic carbocycles. The molecule has 0 amide bonds. The van der Waals surface area contributed by atoms with Gasteiger partial charge in [-0.25, -0.2) is 9.97 Å². The largest absolute Gasteiger partial charge is 0.355 e. The fraction of sp³-hybridized carbons (Fsp3) is 0.545. The third-order valence-electron chi connectivity index (χ3n) is 2.50. The monoisotopic (exact) mass is 234 g/mol. The molecule has 0 atom stereocenters. The summed E-state index contributed by atoms with van der Waals surface area (Å²) < 4.78 is 3.82. The Bertz CT molecular complexity index is 470. The van der Waals surface area contributed by atoms with Gasteiger partial charge < -0.3 is 9.88 Å². The first-order valence-electron chi connectivity index (χ1n) is 5.78. The molecule has 2 heterocycles. The number of aromatic nitrogens is 5. The highest BCUT2D eigenvalue weighted by Crippen LogP contribution is 2.11. The summed E-state index contributed by atoms with van der Waals surface area (Å²) in [7, 11) is 1.87. The molecule has 6 nitrogen and oxygen atoms in total. The Morgan fingerprint density at radius 1 is 1.35 bits per heavy atom. The Kier molecular flexibility index (Phi) is 3.41. The second-order valence-electron chi connectivity index (χ2n) is 4.26. The quantitative estimate of drug-likeness (QED) is 0.845. The van der Waals surface area contributed by atoms with Gasteiger partial charge in [0, 0.05) is 38.4 Å². The molecule has 0 aromatic carbocycles. The maximum absolute atomic E-state index is 4.28. The highest BCUT2D eigenvalue weighted by Gasteiger charge is 2.05. The predicted octanol–water partition coefficient (Wildman–Crippen LogP) is 1.25. The molecule has 0 saturated carbocycles. The van der Waals surface area contributed by atoms with Gasteiger partial charge in [0.05, 0.1) is 0 Å². The number of hydrogen-bond acceptors (Lipinski definition) is 4. The van der Waals surface area contributed by atoms with Crippen molar-refractivity contribution in [3.05, 3.63) is 24.5 Å². The molecule has 1 N–H and O–H groups in total. The van der Waals surface area contributed by atoms with Gasteiger partial charge in [0.15, 0.2) is 5.82 Å². The van der Waals surface area contributed by atoms with Gasteiger partial charge in [0.25, 0.3) is 0 Å². The van der Waals surface area contributed by atoms with Crippen LogP contribution in [0.25, 0.3) is 0 Å². The van der Waals surface area contributed by atoms with E-state index in [1.54, 1.807) is 17.2 Å². The lowest BCUT2D eigenvalue weighted by molar-refractivity contribution is 0.604. The molecule has 2 rings (SSSR count). The molecule has 0 bridgehead atoms. The fourth-order valence-electron chi connectivity index (χ4n) is 1.65. The summed E-state index contributed by atoms with van der Waals surface area (Å²) in [6.45, 7) is 5.05. The highest BCUT2D eigenvalue weighted by molar-refractivity contribution is 5.26. The van der Waals surface area contributed by atoms with Gasteiger partial charge in [0.1, 0.15) is 6.33 Å². The van der Waals surface area contributed by atoms with E-state index in [1.165, 1.54) is 0 Å². The van der Waals surface area contributed by atoms with Crippen LogP contribution in [0.4, 0.5) is 5.95 Å². The number of imidazole rings is 1. The van der Waals surface area contributed by atoms with Crippen LogP contribution < -0.4 is 5.32 Å². The number of aryl methyl sites for hydroxylation is 1. The number of nitrogens with zero attached hydrogens (tertiary/aromatic N) is 5. The Balaban J connectivity index is 1.88. The van der Waals surface area contributed by atoms with Crippen LogP contribution in [-0.4, -0.2) is 30.9 Å². The van der Waals surface area contributed by atoms with E-state index in [4.69, 9.17) is 0 Å². The Morgan fingerprint density at radius 3 is 2.82 bits per heavy atom. The van der Waals surface area contributed by atoms with Gasteiger partial charge in [-0.1, -0.05) is 0 Å². The summed E-state index contributed by atoms with van der Waals surface area (Å²) in [5.74, 6) is 1.75. The van der Waals surface area contributed by atoms with Gasteiger partial charge >= 0.3 is 0 Å². The molecule has 0 aliphatic heterocycles. The molecule has 6 heteroatoms. The summed E-state index contributed by atoms with van der Waals surface area (Å²) in [6.07, 6.45) is 6.30. The third-order valence-corrected chi connectivity index (χ3v) is 2.50. The zero-order chi connectivity index (χ0) is 12.3. The summed E-state index contributed by atoms with van der Waals surface area (Å²) in [4.78, 5) is 8.46. The van der Waals surface area contributed by atoms with Crippen molar-refractivity contribution in [2.45, 2.75) is 26.3 Å². The van der Waals surface area contributed by atoms with Crippen molar-refractivity contribution in [3.8, 4) is 0 Å². The molecule has 2 aromatic rings. The van der Waals surface area contributed by atoms with E-state index in [1.807, 2.05) is 13.2 Å². The molecule has 0 fully saturated rings. The van der Waals surface area contributed by atoms with Crippen molar-refractivity contribution < 1.29 is 0 Å². The summed E-state index contributed by atoms with van der Waals surface area (Å²) in [6, 6.07) is 0.410. The SMILES string of the molecule is CC(C)n1ccnc1NCCc1ncn(C)n1. The van der Waals surface area contributed by atoms with Crippen LogP contribution >= 0.6 is 0 Å². The van der Waals surface area contributed by atoms with Crippen molar-refractivity contribution in [2.75, 3.05) is 11.9 Å². The Hall–Kier alpha value is -1.85. The minimum Gasteiger partial charge on any atom is -0.355 e. The zero-order valence-electron chi connectivity index (χ0n) is 10.5. The van der Waals surface area contributed by atoms with Crippen LogP contribution in [-0.2, 0) is 13.5 Å². The topological polar surface area (TPSA) is 60.6 Å². The van der Waals surface area contributed by atoms with Gasteiger partial charge in [-0.3, -0.25) is 4.68 Å². The first kappa shape index (κ1) is 11.6. The number of rotatable bonds is 5. The number of hydrogen-bond donors (Lipinski definition) is 1. The molecule has 0 spiro atoms. The lowest BCUT2D eigenvalue weighted by Gasteiger charge is -2.12. The maximum Gasteiger partial charge on any atom is 0.203 e.